The van der Waals surface area contributed by atoms with Gasteiger partial charge in [-0.1, -0.05) is 0 Å². The molecule has 6 nitrogen and oxygen atoms in total. The largest absolute Gasteiger partial charge is 0.330 e. The summed E-state index contributed by atoms with van der Waals surface area (Å²) in [6, 6.07) is -0.686. The second-order valence-electron chi connectivity index (χ2n) is 3.49. The van der Waals surface area contributed by atoms with Gasteiger partial charge in [0.25, 0.3) is 0 Å². The third-order valence-corrected chi connectivity index (χ3v) is 2.45. The highest BCUT2D eigenvalue weighted by Crippen LogP contribution is 2.26. The Balaban J connectivity index is 3.00. The first-order chi connectivity index (χ1) is 6.43. The molecule has 0 bridgehead atoms. The maximum Gasteiger partial charge on any atom is 0.330 e. The second kappa shape index (κ2) is 3.38. The van der Waals surface area contributed by atoms with Gasteiger partial charge in [-0.2, -0.15) is 0 Å². The van der Waals surface area contributed by atoms with Gasteiger partial charge in [-0.05, 0) is 19.9 Å². The van der Waals surface area contributed by atoms with Crippen molar-refractivity contribution in [2.75, 3.05) is 13.6 Å². The zero-order valence-electron chi connectivity index (χ0n) is 8.16. The molecule has 0 aromatic heterocycles. The van der Waals surface area contributed by atoms with Gasteiger partial charge >= 0.3 is 6.03 Å². The Bertz CT molecular complexity index is 302. The van der Waals surface area contributed by atoms with Crippen molar-refractivity contribution >= 4 is 17.8 Å². The predicted octanol–water partition coefficient (Wildman–Crippen LogP) is -0.950. The Morgan fingerprint density at radius 2 is 2.00 bits per heavy atom. The number of nitrogens with two attached hydrogens (primary N) is 1. The summed E-state index contributed by atoms with van der Waals surface area (Å²) in [5.41, 5.74) is 4.10. The molecule has 1 rings (SSSR count). The van der Waals surface area contributed by atoms with E-state index in [9.17, 15) is 14.4 Å². The average molecular weight is 199 g/mol. The number of barbiturate groups is 1. The lowest BCUT2D eigenvalue weighted by molar-refractivity contribution is -0.149. The summed E-state index contributed by atoms with van der Waals surface area (Å²) in [7, 11) is 1.33. The van der Waals surface area contributed by atoms with Crippen molar-refractivity contribution < 1.29 is 14.4 Å². The lowest BCUT2D eigenvalue weighted by Crippen LogP contribution is -2.62. The van der Waals surface area contributed by atoms with Crippen LogP contribution in [-0.4, -0.2) is 36.3 Å². The van der Waals surface area contributed by atoms with Gasteiger partial charge in [-0.25, -0.2) is 4.79 Å². The van der Waals surface area contributed by atoms with E-state index >= 15 is 0 Å². The van der Waals surface area contributed by atoms with Crippen LogP contribution in [0.25, 0.3) is 0 Å². The van der Waals surface area contributed by atoms with E-state index in [1.54, 1.807) is 0 Å². The third kappa shape index (κ3) is 1.37. The Labute approximate surface area is 81.4 Å². The summed E-state index contributed by atoms with van der Waals surface area (Å²) in [5, 5.41) is 2.11. The van der Waals surface area contributed by atoms with Crippen LogP contribution in [0.4, 0.5) is 4.79 Å². The van der Waals surface area contributed by atoms with Crippen LogP contribution in [0.15, 0.2) is 0 Å². The van der Waals surface area contributed by atoms with Gasteiger partial charge in [-0.15, -0.1) is 0 Å². The van der Waals surface area contributed by atoms with Gasteiger partial charge in [0, 0.05) is 7.05 Å². The van der Waals surface area contributed by atoms with Crippen molar-refractivity contribution in [3.05, 3.63) is 0 Å². The van der Waals surface area contributed by atoms with E-state index in [1.807, 2.05) is 0 Å². The first-order valence-corrected chi connectivity index (χ1v) is 4.27. The molecule has 3 N–H and O–H groups in total. The maximum atomic E-state index is 11.6. The number of hydrogen-bond donors (Lipinski definition) is 2. The molecule has 1 unspecified atom stereocenters. The molecule has 0 saturated carbocycles. The minimum absolute atomic E-state index is 0.220. The maximum absolute atomic E-state index is 11.6. The molecule has 78 valence electrons. The Morgan fingerprint density at radius 1 is 1.43 bits per heavy atom. The number of amides is 4. The molecule has 1 saturated heterocycles. The van der Waals surface area contributed by atoms with Crippen molar-refractivity contribution in [1.29, 1.82) is 0 Å². The van der Waals surface area contributed by atoms with Crippen LogP contribution in [0.2, 0.25) is 0 Å². The zero-order valence-corrected chi connectivity index (χ0v) is 8.16. The first kappa shape index (κ1) is 10.6. The minimum Gasteiger partial charge on any atom is -0.330 e. The average Bonchev–Trinajstić information content (AvgIpc) is 2.13. The SMILES string of the molecule is CN1C(=O)NC(=O)C(C)(CCN)C1=O. The summed E-state index contributed by atoms with van der Waals surface area (Å²) in [4.78, 5) is 35.0. The molecule has 0 spiro atoms. The van der Waals surface area contributed by atoms with Crippen LogP contribution in [-0.2, 0) is 9.59 Å². The number of hydrogen-bond acceptors (Lipinski definition) is 4. The molecule has 0 aromatic carbocycles. The summed E-state index contributed by atoms with van der Waals surface area (Å²) in [6.07, 6.45) is 0.231. The summed E-state index contributed by atoms with van der Waals surface area (Å²) in [6.45, 7) is 1.71. The van der Waals surface area contributed by atoms with Crippen LogP contribution in [0.1, 0.15) is 13.3 Å². The summed E-state index contributed by atoms with van der Waals surface area (Å²) >= 11 is 0. The van der Waals surface area contributed by atoms with E-state index in [0.29, 0.717) is 0 Å². The van der Waals surface area contributed by atoms with E-state index in [4.69, 9.17) is 5.73 Å². The minimum atomic E-state index is -1.21. The summed E-state index contributed by atoms with van der Waals surface area (Å²) in [5.74, 6) is -1.08. The molecule has 4 amide bonds. The van der Waals surface area contributed by atoms with Crippen molar-refractivity contribution in [2.45, 2.75) is 13.3 Å². The fraction of sp³-hybridized carbons (Fsp3) is 0.625. The third-order valence-electron chi connectivity index (χ3n) is 2.45. The second-order valence-corrected chi connectivity index (χ2v) is 3.49. The standard InChI is InChI=1S/C8H13N3O3/c1-8(3-4-9)5(12)10-7(14)11(2)6(8)13/h3-4,9H2,1-2H3,(H,10,12,14). The van der Waals surface area contributed by atoms with Crippen molar-refractivity contribution in [1.82, 2.24) is 10.2 Å². The Morgan fingerprint density at radius 3 is 2.50 bits per heavy atom. The fourth-order valence-electron chi connectivity index (χ4n) is 1.39. The monoisotopic (exact) mass is 199 g/mol. The van der Waals surface area contributed by atoms with Gasteiger partial charge in [0.1, 0.15) is 5.41 Å². The topological polar surface area (TPSA) is 92.5 Å². The van der Waals surface area contributed by atoms with Gasteiger partial charge in [0.05, 0.1) is 0 Å². The lowest BCUT2D eigenvalue weighted by atomic mass is 9.83. The molecule has 1 fully saturated rings. The van der Waals surface area contributed by atoms with Gasteiger partial charge in [-0.3, -0.25) is 19.8 Å². The van der Waals surface area contributed by atoms with Crippen LogP contribution < -0.4 is 11.1 Å². The summed E-state index contributed by atoms with van der Waals surface area (Å²) < 4.78 is 0. The van der Waals surface area contributed by atoms with Crippen molar-refractivity contribution in [3.8, 4) is 0 Å². The number of rotatable bonds is 2. The van der Waals surface area contributed by atoms with Gasteiger partial charge in [0.15, 0.2) is 0 Å². The number of urea groups is 1. The lowest BCUT2D eigenvalue weighted by Gasteiger charge is -2.34. The van der Waals surface area contributed by atoms with E-state index < -0.39 is 23.3 Å². The van der Waals surface area contributed by atoms with Crippen LogP contribution >= 0.6 is 0 Å². The molecule has 1 aliphatic rings. The number of carbonyl (C=O) groups is 3. The molecule has 6 heteroatoms. The fourth-order valence-corrected chi connectivity index (χ4v) is 1.39. The number of carbonyl (C=O) groups excluding carboxylic acids is 3. The number of imide groups is 2. The molecular formula is C8H13N3O3. The zero-order chi connectivity index (χ0) is 10.9. The van der Waals surface area contributed by atoms with Crippen LogP contribution in [0.5, 0.6) is 0 Å². The number of nitrogens with zero attached hydrogens (tertiary/aromatic N) is 1. The van der Waals surface area contributed by atoms with Gasteiger partial charge < -0.3 is 5.73 Å². The number of nitrogens with one attached hydrogen (secondary N) is 1. The predicted molar refractivity (Wildman–Crippen MR) is 48.1 cm³/mol. The molecule has 1 heterocycles. The van der Waals surface area contributed by atoms with Crippen LogP contribution in [0, 0.1) is 5.41 Å². The van der Waals surface area contributed by atoms with Gasteiger partial charge in [0.2, 0.25) is 11.8 Å². The quantitative estimate of drug-likeness (QED) is 0.561. The van der Waals surface area contributed by atoms with Crippen LogP contribution in [0.3, 0.4) is 0 Å². The Kier molecular flexibility index (Phi) is 2.57. The molecular weight excluding hydrogens is 186 g/mol. The molecule has 14 heavy (non-hydrogen) atoms. The van der Waals surface area contributed by atoms with Crippen molar-refractivity contribution in [2.24, 2.45) is 11.1 Å². The first-order valence-electron chi connectivity index (χ1n) is 4.27. The Hall–Kier alpha value is -1.43. The molecule has 0 radical (unpaired) electrons. The molecule has 0 aromatic rings. The molecule has 0 aliphatic carbocycles. The van der Waals surface area contributed by atoms with Crippen molar-refractivity contribution in [3.63, 3.8) is 0 Å². The molecule has 1 aliphatic heterocycles. The van der Waals surface area contributed by atoms with E-state index in [-0.39, 0.29) is 13.0 Å². The molecule has 1 atom stereocenters. The van der Waals surface area contributed by atoms with E-state index in [2.05, 4.69) is 5.32 Å². The highest BCUT2D eigenvalue weighted by molar-refractivity contribution is 6.18. The highest BCUT2D eigenvalue weighted by atomic mass is 16.2. The highest BCUT2D eigenvalue weighted by Gasteiger charge is 2.48. The van der Waals surface area contributed by atoms with E-state index in [0.717, 1.165) is 4.90 Å². The smallest absolute Gasteiger partial charge is 0.330 e. The normalized spacial score (nSPS) is 27.9. The van der Waals surface area contributed by atoms with E-state index in [1.165, 1.54) is 14.0 Å².